The molecule has 0 amide bonds. The molecule has 1 aliphatic rings. The number of cyclic esters (lactones) is 1. The maximum Gasteiger partial charge on any atom is 0.339 e. The molecule has 1 heterocycles. The first kappa shape index (κ1) is 21.9. The molecule has 4 N–H and O–H groups in total. The molecule has 4 rings (SSSR count). The number of benzene rings is 3. The zero-order chi connectivity index (χ0) is 23.4. The molecular formula is C25H24N4O4. The zero-order valence-electron chi connectivity index (χ0n) is 18.3. The third-order valence-electron chi connectivity index (χ3n) is 5.45. The van der Waals surface area contributed by atoms with Gasteiger partial charge in [-0.3, -0.25) is 0 Å². The molecule has 2 atom stereocenters. The molecule has 8 heteroatoms. The molecule has 0 aliphatic carbocycles. The zero-order valence-corrected chi connectivity index (χ0v) is 18.3. The highest BCUT2D eigenvalue weighted by molar-refractivity contribution is 6.07. The van der Waals surface area contributed by atoms with Crippen molar-refractivity contribution in [2.75, 3.05) is 14.2 Å². The quantitative estimate of drug-likeness (QED) is 0.249. The van der Waals surface area contributed by atoms with Gasteiger partial charge in [-0.25, -0.2) is 4.79 Å². The minimum Gasteiger partial charge on any atom is -0.497 e. The van der Waals surface area contributed by atoms with E-state index in [-0.39, 0.29) is 11.9 Å². The summed E-state index contributed by atoms with van der Waals surface area (Å²) in [5.41, 5.74) is 14.6. The lowest BCUT2D eigenvalue weighted by molar-refractivity contribution is 0.0368. The molecule has 0 radical (unpaired) electrons. The van der Waals surface area contributed by atoms with Gasteiger partial charge in [0.25, 0.3) is 0 Å². The number of fused-ring (bicyclic) bond motifs is 1. The summed E-state index contributed by atoms with van der Waals surface area (Å²) >= 11 is 0. The second-order valence-electron chi connectivity index (χ2n) is 7.40. The Labute approximate surface area is 191 Å². The number of carbonyl (C=O) groups is 1. The summed E-state index contributed by atoms with van der Waals surface area (Å²) in [5, 5.41) is 8.34. The van der Waals surface area contributed by atoms with Crippen molar-refractivity contribution in [1.29, 1.82) is 0 Å². The highest BCUT2D eigenvalue weighted by Gasteiger charge is 2.40. The number of nitrogens with zero attached hydrogens (tertiary/aromatic N) is 2. The lowest BCUT2D eigenvalue weighted by atomic mass is 9.82. The van der Waals surface area contributed by atoms with Gasteiger partial charge in [-0.1, -0.05) is 30.3 Å². The van der Waals surface area contributed by atoms with Crippen LogP contribution in [0.1, 0.15) is 39.1 Å². The molecule has 0 spiro atoms. The summed E-state index contributed by atoms with van der Waals surface area (Å²) in [7, 11) is 3.20. The smallest absolute Gasteiger partial charge is 0.339 e. The number of guanidine groups is 1. The van der Waals surface area contributed by atoms with E-state index in [1.165, 1.54) is 0 Å². The summed E-state index contributed by atoms with van der Waals surface area (Å²) in [5.74, 6) is 0.329. The number of carbonyl (C=O) groups excluding carboxylic acids is 1. The SMILES string of the molecule is COc1ccc(/C(=N\N=C(N)N)C(c2ccc(OC)cc2)C2OC(=O)c3ccccc32)cc1. The van der Waals surface area contributed by atoms with Gasteiger partial charge in [-0.15, -0.1) is 5.10 Å². The van der Waals surface area contributed by atoms with Gasteiger partial charge in [0.15, 0.2) is 0 Å². The van der Waals surface area contributed by atoms with Crippen molar-refractivity contribution in [3.8, 4) is 11.5 Å². The van der Waals surface area contributed by atoms with Gasteiger partial charge in [0.05, 0.1) is 31.4 Å². The largest absolute Gasteiger partial charge is 0.497 e. The highest BCUT2D eigenvalue weighted by Crippen LogP contribution is 2.43. The van der Waals surface area contributed by atoms with E-state index in [0.29, 0.717) is 22.8 Å². The molecule has 168 valence electrons. The molecular weight excluding hydrogens is 420 g/mol. The number of nitrogens with two attached hydrogens (primary N) is 2. The minimum atomic E-state index is -0.628. The average molecular weight is 444 g/mol. The van der Waals surface area contributed by atoms with Crippen LogP contribution in [-0.4, -0.2) is 31.9 Å². The lowest BCUT2D eigenvalue weighted by Crippen LogP contribution is -2.24. The van der Waals surface area contributed by atoms with Crippen molar-refractivity contribution in [2.24, 2.45) is 21.7 Å². The van der Waals surface area contributed by atoms with Crippen LogP contribution < -0.4 is 20.9 Å². The van der Waals surface area contributed by atoms with E-state index in [0.717, 1.165) is 16.7 Å². The van der Waals surface area contributed by atoms with Crippen molar-refractivity contribution in [1.82, 2.24) is 0 Å². The Morgan fingerprint density at radius 1 is 0.879 bits per heavy atom. The molecule has 3 aromatic rings. The molecule has 0 saturated carbocycles. The Hall–Kier alpha value is -4.33. The molecule has 8 nitrogen and oxygen atoms in total. The van der Waals surface area contributed by atoms with Crippen LogP contribution in [0.5, 0.6) is 11.5 Å². The fraction of sp³-hybridized carbons (Fsp3) is 0.160. The average Bonchev–Trinajstić information content (AvgIpc) is 3.18. The van der Waals surface area contributed by atoms with E-state index in [4.69, 9.17) is 25.7 Å². The van der Waals surface area contributed by atoms with Crippen LogP contribution in [0.4, 0.5) is 0 Å². The summed E-state index contributed by atoms with van der Waals surface area (Å²) in [6.07, 6.45) is -0.628. The normalized spacial score (nSPS) is 15.9. The number of methoxy groups -OCH3 is 2. The Morgan fingerprint density at radius 3 is 2.09 bits per heavy atom. The summed E-state index contributed by atoms with van der Waals surface area (Å²) in [4.78, 5) is 12.7. The number of hydrogen-bond donors (Lipinski definition) is 2. The molecule has 0 saturated heterocycles. The summed E-state index contributed by atoms with van der Waals surface area (Å²) < 4.78 is 16.5. The van der Waals surface area contributed by atoms with Gasteiger partial charge in [-0.2, -0.15) is 5.10 Å². The third kappa shape index (κ3) is 4.50. The molecule has 33 heavy (non-hydrogen) atoms. The van der Waals surface area contributed by atoms with Gasteiger partial charge in [0, 0.05) is 5.56 Å². The van der Waals surface area contributed by atoms with E-state index < -0.39 is 12.0 Å². The molecule has 3 aromatic carbocycles. The fourth-order valence-electron chi connectivity index (χ4n) is 3.88. The molecule has 0 bridgehead atoms. The third-order valence-corrected chi connectivity index (χ3v) is 5.45. The van der Waals surface area contributed by atoms with Crippen LogP contribution in [-0.2, 0) is 4.74 Å². The first-order chi connectivity index (χ1) is 16.0. The van der Waals surface area contributed by atoms with Gasteiger partial charge in [0.2, 0.25) is 5.96 Å². The lowest BCUT2D eigenvalue weighted by Gasteiger charge is -2.25. The van der Waals surface area contributed by atoms with Crippen molar-refractivity contribution in [3.63, 3.8) is 0 Å². The monoisotopic (exact) mass is 444 g/mol. The summed E-state index contributed by atoms with van der Waals surface area (Å²) in [6, 6.07) is 22.2. The molecule has 0 aromatic heterocycles. The molecule has 0 fully saturated rings. The maximum atomic E-state index is 12.7. The number of esters is 1. The summed E-state index contributed by atoms with van der Waals surface area (Å²) in [6.45, 7) is 0. The Balaban J connectivity index is 1.91. The topological polar surface area (TPSA) is 122 Å². The standard InChI is InChI=1S/C25H24N4O4/c1-31-17-11-7-15(8-12-17)21(23-19-5-3-4-6-20(19)24(30)33-23)22(28-29-25(26)27)16-9-13-18(32-2)14-10-16/h3-14,21,23H,1-2H3,(H4,26,27,29)/b28-22+. The predicted octanol–water partition coefficient (Wildman–Crippen LogP) is 3.38. The first-order valence-electron chi connectivity index (χ1n) is 10.3. The van der Waals surface area contributed by atoms with Crippen LogP contribution in [0, 0.1) is 0 Å². The second-order valence-corrected chi connectivity index (χ2v) is 7.40. The van der Waals surface area contributed by atoms with E-state index in [9.17, 15) is 4.79 Å². The fourth-order valence-corrected chi connectivity index (χ4v) is 3.88. The first-order valence-corrected chi connectivity index (χ1v) is 10.3. The van der Waals surface area contributed by atoms with Crippen LogP contribution in [0.15, 0.2) is 83.0 Å². The minimum absolute atomic E-state index is 0.182. The maximum absolute atomic E-state index is 12.7. The van der Waals surface area contributed by atoms with Crippen molar-refractivity contribution in [3.05, 3.63) is 95.1 Å². The Morgan fingerprint density at radius 2 is 1.48 bits per heavy atom. The number of hydrogen-bond acceptors (Lipinski definition) is 6. The van der Waals surface area contributed by atoms with E-state index in [2.05, 4.69) is 10.2 Å². The van der Waals surface area contributed by atoms with Crippen molar-refractivity contribution >= 4 is 17.6 Å². The Bertz CT molecular complexity index is 1200. The van der Waals surface area contributed by atoms with E-state index in [1.807, 2.05) is 66.7 Å². The van der Waals surface area contributed by atoms with Crippen LogP contribution in [0.2, 0.25) is 0 Å². The van der Waals surface area contributed by atoms with Gasteiger partial charge in [-0.05, 0) is 53.6 Å². The second kappa shape index (κ2) is 9.44. The van der Waals surface area contributed by atoms with Gasteiger partial charge >= 0.3 is 5.97 Å². The number of ether oxygens (including phenoxy) is 3. The van der Waals surface area contributed by atoms with Gasteiger partial charge in [0.1, 0.15) is 17.6 Å². The molecule has 2 unspecified atom stereocenters. The van der Waals surface area contributed by atoms with E-state index in [1.54, 1.807) is 20.3 Å². The Kier molecular flexibility index (Phi) is 6.26. The van der Waals surface area contributed by atoms with Crippen LogP contribution >= 0.6 is 0 Å². The van der Waals surface area contributed by atoms with Crippen LogP contribution in [0.25, 0.3) is 0 Å². The number of rotatable bonds is 7. The molecule has 1 aliphatic heterocycles. The van der Waals surface area contributed by atoms with Crippen molar-refractivity contribution in [2.45, 2.75) is 12.0 Å². The van der Waals surface area contributed by atoms with Crippen molar-refractivity contribution < 1.29 is 19.0 Å². The van der Waals surface area contributed by atoms with Gasteiger partial charge < -0.3 is 25.7 Å². The van der Waals surface area contributed by atoms with Crippen LogP contribution in [0.3, 0.4) is 0 Å². The predicted molar refractivity (Wildman–Crippen MR) is 126 cm³/mol. The highest BCUT2D eigenvalue weighted by atomic mass is 16.5. The van der Waals surface area contributed by atoms with E-state index >= 15 is 0 Å².